The Morgan fingerprint density at radius 3 is 2.89 bits per heavy atom. The van der Waals surface area contributed by atoms with E-state index in [-0.39, 0.29) is 6.04 Å². The van der Waals surface area contributed by atoms with E-state index in [0.717, 1.165) is 27.0 Å². The van der Waals surface area contributed by atoms with Crippen LogP contribution in [0.2, 0.25) is 0 Å². The number of nitrogens with zero attached hydrogens (tertiary/aromatic N) is 3. The van der Waals surface area contributed by atoms with E-state index in [1.165, 1.54) is 11.5 Å². The predicted molar refractivity (Wildman–Crippen MR) is 75.6 cm³/mol. The third kappa shape index (κ3) is 2.21. The molecular formula is C13H13N5S. The van der Waals surface area contributed by atoms with E-state index in [9.17, 15) is 0 Å². The van der Waals surface area contributed by atoms with Crippen molar-refractivity contribution in [2.75, 3.05) is 0 Å². The maximum Gasteiger partial charge on any atom is 0.0852 e. The van der Waals surface area contributed by atoms with Crippen LogP contribution in [0.4, 0.5) is 0 Å². The number of aromatic nitrogens is 3. The first-order chi connectivity index (χ1) is 9.29. The molecule has 0 aliphatic carbocycles. The van der Waals surface area contributed by atoms with E-state index >= 15 is 0 Å². The number of rotatable bonds is 3. The highest BCUT2D eigenvalue weighted by atomic mass is 32.1. The monoisotopic (exact) mass is 271 g/mol. The van der Waals surface area contributed by atoms with Gasteiger partial charge in [-0.2, -0.15) is 0 Å². The highest BCUT2D eigenvalue weighted by molar-refractivity contribution is 7.05. The number of para-hydroxylation sites is 1. The molecule has 3 N–H and O–H groups in total. The summed E-state index contributed by atoms with van der Waals surface area (Å²) in [5, 5.41) is 5.12. The summed E-state index contributed by atoms with van der Waals surface area (Å²) in [6, 6.07) is 9.97. The summed E-state index contributed by atoms with van der Waals surface area (Å²) in [5.74, 6) is 5.68. The Bertz CT molecular complexity index is 709. The first-order valence-electron chi connectivity index (χ1n) is 5.89. The van der Waals surface area contributed by atoms with Crippen molar-refractivity contribution in [3.63, 3.8) is 0 Å². The van der Waals surface area contributed by atoms with Crippen molar-refractivity contribution in [3.05, 3.63) is 52.7 Å². The smallest absolute Gasteiger partial charge is 0.0852 e. The lowest BCUT2D eigenvalue weighted by molar-refractivity contribution is 0.640. The molecule has 96 valence electrons. The number of hydrazine groups is 1. The zero-order chi connectivity index (χ0) is 13.2. The van der Waals surface area contributed by atoms with Crippen LogP contribution >= 0.6 is 11.5 Å². The molecule has 1 aromatic carbocycles. The van der Waals surface area contributed by atoms with Gasteiger partial charge in [-0.1, -0.05) is 22.7 Å². The van der Waals surface area contributed by atoms with Crippen molar-refractivity contribution in [1.82, 2.24) is 20.0 Å². The molecular weight excluding hydrogens is 258 g/mol. The molecule has 0 aliphatic heterocycles. The molecule has 3 rings (SSSR count). The molecule has 0 radical (unpaired) electrons. The molecule has 19 heavy (non-hydrogen) atoms. The molecule has 6 heteroatoms. The van der Waals surface area contributed by atoms with Crippen LogP contribution in [0.3, 0.4) is 0 Å². The van der Waals surface area contributed by atoms with Crippen LogP contribution in [0.1, 0.15) is 22.2 Å². The van der Waals surface area contributed by atoms with Gasteiger partial charge in [0.15, 0.2) is 0 Å². The van der Waals surface area contributed by atoms with Gasteiger partial charge in [0.25, 0.3) is 0 Å². The number of aryl methyl sites for hydroxylation is 1. The highest BCUT2D eigenvalue weighted by Crippen LogP contribution is 2.27. The second-order valence-electron chi connectivity index (χ2n) is 4.28. The fraction of sp³-hybridized carbons (Fsp3) is 0.154. The molecule has 0 amide bonds. The van der Waals surface area contributed by atoms with Crippen molar-refractivity contribution in [2.45, 2.75) is 13.0 Å². The fourth-order valence-electron chi connectivity index (χ4n) is 2.07. The van der Waals surface area contributed by atoms with Gasteiger partial charge in [0, 0.05) is 11.6 Å². The minimum absolute atomic E-state index is 0.128. The Labute approximate surface area is 114 Å². The third-order valence-corrected chi connectivity index (χ3v) is 3.95. The van der Waals surface area contributed by atoms with Crippen LogP contribution in [-0.2, 0) is 0 Å². The summed E-state index contributed by atoms with van der Waals surface area (Å²) in [5.41, 5.74) is 5.69. The second kappa shape index (κ2) is 5.00. The lowest BCUT2D eigenvalue weighted by atomic mass is 10.0. The quantitative estimate of drug-likeness (QED) is 0.562. The minimum Gasteiger partial charge on any atom is -0.271 e. The average molecular weight is 271 g/mol. The molecule has 2 heterocycles. The van der Waals surface area contributed by atoms with Gasteiger partial charge in [-0.3, -0.25) is 10.8 Å². The van der Waals surface area contributed by atoms with E-state index in [1.54, 1.807) is 0 Å². The maximum absolute atomic E-state index is 5.68. The first-order valence-corrected chi connectivity index (χ1v) is 6.66. The largest absolute Gasteiger partial charge is 0.271 e. The molecule has 0 aliphatic rings. The summed E-state index contributed by atoms with van der Waals surface area (Å²) in [6.07, 6.45) is 1.84. The normalized spacial score (nSPS) is 12.7. The van der Waals surface area contributed by atoms with E-state index in [4.69, 9.17) is 5.84 Å². The number of pyridine rings is 1. The fourth-order valence-corrected chi connectivity index (χ4v) is 2.81. The van der Waals surface area contributed by atoms with E-state index in [0.29, 0.717) is 0 Å². The zero-order valence-electron chi connectivity index (χ0n) is 10.4. The number of nitrogens with one attached hydrogen (secondary N) is 1. The van der Waals surface area contributed by atoms with Crippen LogP contribution in [0.5, 0.6) is 0 Å². The lowest BCUT2D eigenvalue weighted by Gasteiger charge is -2.14. The van der Waals surface area contributed by atoms with Gasteiger partial charge in [-0.15, -0.1) is 5.10 Å². The van der Waals surface area contributed by atoms with Crippen LogP contribution in [0, 0.1) is 6.92 Å². The average Bonchev–Trinajstić information content (AvgIpc) is 2.86. The van der Waals surface area contributed by atoms with Gasteiger partial charge in [0.1, 0.15) is 0 Å². The first kappa shape index (κ1) is 12.2. The van der Waals surface area contributed by atoms with Crippen molar-refractivity contribution < 1.29 is 0 Å². The molecule has 0 bridgehead atoms. The molecule has 0 saturated carbocycles. The van der Waals surface area contributed by atoms with Crippen molar-refractivity contribution in [2.24, 2.45) is 5.84 Å². The standard InChI is InChI=1S/C13H13N5S/c1-8-13(19-18-17-8)12(16-14)10-6-9-4-2-3-5-11(9)15-7-10/h2-7,12,16H,14H2,1H3. The minimum atomic E-state index is -0.128. The summed E-state index contributed by atoms with van der Waals surface area (Å²) in [4.78, 5) is 5.47. The molecule has 1 unspecified atom stereocenters. The topological polar surface area (TPSA) is 76.7 Å². The maximum atomic E-state index is 5.68. The molecule has 0 spiro atoms. The van der Waals surface area contributed by atoms with Gasteiger partial charge >= 0.3 is 0 Å². The van der Waals surface area contributed by atoms with Gasteiger partial charge in [0.05, 0.1) is 22.1 Å². The number of nitrogens with two attached hydrogens (primary N) is 1. The Kier molecular flexibility index (Phi) is 3.20. The van der Waals surface area contributed by atoms with Gasteiger partial charge in [0.2, 0.25) is 0 Å². The Morgan fingerprint density at radius 1 is 1.32 bits per heavy atom. The van der Waals surface area contributed by atoms with E-state index < -0.39 is 0 Å². The van der Waals surface area contributed by atoms with Gasteiger partial charge in [-0.25, -0.2) is 5.43 Å². The lowest BCUT2D eigenvalue weighted by Crippen LogP contribution is -2.28. The van der Waals surface area contributed by atoms with Crippen LogP contribution in [-0.4, -0.2) is 14.6 Å². The molecule has 0 fully saturated rings. The summed E-state index contributed by atoms with van der Waals surface area (Å²) in [6.45, 7) is 1.93. The van der Waals surface area contributed by atoms with Crippen LogP contribution < -0.4 is 11.3 Å². The number of fused-ring (bicyclic) bond motifs is 1. The Morgan fingerprint density at radius 2 is 2.16 bits per heavy atom. The molecule has 2 aromatic heterocycles. The predicted octanol–water partition coefficient (Wildman–Crippen LogP) is 1.95. The van der Waals surface area contributed by atoms with Crippen molar-refractivity contribution in [3.8, 4) is 0 Å². The molecule has 0 saturated heterocycles. The van der Waals surface area contributed by atoms with E-state index in [2.05, 4.69) is 26.1 Å². The van der Waals surface area contributed by atoms with E-state index in [1.807, 2.05) is 37.4 Å². The highest BCUT2D eigenvalue weighted by Gasteiger charge is 2.18. The zero-order valence-corrected chi connectivity index (χ0v) is 11.2. The summed E-state index contributed by atoms with van der Waals surface area (Å²) >= 11 is 1.35. The Hall–Kier alpha value is -1.89. The number of hydrogen-bond donors (Lipinski definition) is 2. The summed E-state index contributed by atoms with van der Waals surface area (Å²) in [7, 11) is 0. The Balaban J connectivity index is 2.09. The number of benzene rings is 1. The molecule has 3 aromatic rings. The molecule has 1 atom stereocenters. The summed E-state index contributed by atoms with van der Waals surface area (Å²) < 4.78 is 3.95. The van der Waals surface area contributed by atoms with Crippen LogP contribution in [0.15, 0.2) is 36.5 Å². The number of hydrogen-bond acceptors (Lipinski definition) is 6. The van der Waals surface area contributed by atoms with Gasteiger partial charge < -0.3 is 0 Å². The molecule has 5 nitrogen and oxygen atoms in total. The van der Waals surface area contributed by atoms with Gasteiger partial charge in [-0.05, 0) is 36.2 Å². The SMILES string of the molecule is Cc1nnsc1C(NN)c1cnc2ccccc2c1. The van der Waals surface area contributed by atoms with Crippen molar-refractivity contribution >= 4 is 22.4 Å². The van der Waals surface area contributed by atoms with Crippen molar-refractivity contribution in [1.29, 1.82) is 0 Å². The third-order valence-electron chi connectivity index (χ3n) is 3.06. The van der Waals surface area contributed by atoms with Crippen LogP contribution in [0.25, 0.3) is 10.9 Å². The second-order valence-corrected chi connectivity index (χ2v) is 5.07.